The van der Waals surface area contributed by atoms with Crippen molar-refractivity contribution in [2.75, 3.05) is 7.11 Å². The molecule has 0 unspecified atom stereocenters. The van der Waals surface area contributed by atoms with Gasteiger partial charge in [-0.15, -0.1) is 11.3 Å². The minimum Gasteiger partial charge on any atom is -0.464 e. The fourth-order valence-electron chi connectivity index (χ4n) is 1.00. The van der Waals surface area contributed by atoms with Crippen molar-refractivity contribution in [1.82, 2.24) is 4.98 Å². The molecule has 0 spiro atoms. The van der Waals surface area contributed by atoms with Crippen molar-refractivity contribution in [2.24, 2.45) is 0 Å². The summed E-state index contributed by atoms with van der Waals surface area (Å²) in [6.45, 7) is 8.12. The summed E-state index contributed by atoms with van der Waals surface area (Å²) in [5.74, 6) is -0.353. The summed E-state index contributed by atoms with van der Waals surface area (Å²) in [6.07, 6.45) is 0. The number of carbonyl (C=O) groups is 1. The van der Waals surface area contributed by atoms with Crippen molar-refractivity contribution >= 4 is 17.3 Å². The van der Waals surface area contributed by atoms with Gasteiger partial charge in [-0.05, 0) is 6.92 Å². The average molecular weight is 213 g/mol. The van der Waals surface area contributed by atoms with Crippen LogP contribution in [0.1, 0.15) is 41.1 Å². The Hall–Kier alpha value is -0.900. The van der Waals surface area contributed by atoms with E-state index in [1.807, 2.05) is 6.92 Å². The molecular formula is C10H15NO2S. The molecule has 0 atom stereocenters. The van der Waals surface area contributed by atoms with E-state index in [4.69, 9.17) is 0 Å². The third-order valence-electron chi connectivity index (χ3n) is 1.82. The molecule has 0 aliphatic rings. The summed E-state index contributed by atoms with van der Waals surface area (Å²) in [7, 11) is 1.37. The number of aromatic nitrogens is 1. The van der Waals surface area contributed by atoms with Crippen molar-refractivity contribution in [1.29, 1.82) is 0 Å². The number of hydrogen-bond acceptors (Lipinski definition) is 4. The van der Waals surface area contributed by atoms with E-state index in [1.54, 1.807) is 11.3 Å². The molecule has 78 valence electrons. The number of aryl methyl sites for hydroxylation is 1. The second-order valence-electron chi connectivity index (χ2n) is 4.17. The van der Waals surface area contributed by atoms with Gasteiger partial charge in [-0.25, -0.2) is 9.78 Å². The molecule has 0 bridgehead atoms. The smallest absolute Gasteiger partial charge is 0.357 e. The van der Waals surface area contributed by atoms with Crippen LogP contribution in [-0.2, 0) is 10.2 Å². The number of thiazole rings is 1. The van der Waals surface area contributed by atoms with Crippen molar-refractivity contribution in [2.45, 2.75) is 33.1 Å². The van der Waals surface area contributed by atoms with Gasteiger partial charge in [-0.1, -0.05) is 20.8 Å². The third-order valence-corrected chi connectivity index (χ3v) is 3.21. The number of rotatable bonds is 1. The van der Waals surface area contributed by atoms with Gasteiger partial charge in [0.2, 0.25) is 0 Å². The van der Waals surface area contributed by atoms with Crippen LogP contribution in [-0.4, -0.2) is 18.1 Å². The monoisotopic (exact) mass is 213 g/mol. The Morgan fingerprint density at radius 2 is 2.00 bits per heavy atom. The molecule has 1 rings (SSSR count). The normalized spacial score (nSPS) is 11.5. The molecule has 1 heterocycles. The molecule has 4 heteroatoms. The van der Waals surface area contributed by atoms with Gasteiger partial charge >= 0.3 is 5.97 Å². The minimum absolute atomic E-state index is 0.0122. The molecule has 0 saturated heterocycles. The highest BCUT2D eigenvalue weighted by atomic mass is 32.1. The molecule has 0 radical (unpaired) electrons. The molecule has 0 N–H and O–H groups in total. The van der Waals surface area contributed by atoms with Gasteiger partial charge in [0, 0.05) is 10.3 Å². The van der Waals surface area contributed by atoms with E-state index >= 15 is 0 Å². The zero-order valence-corrected chi connectivity index (χ0v) is 9.99. The molecule has 0 amide bonds. The Morgan fingerprint density at radius 3 is 2.36 bits per heavy atom. The Labute approximate surface area is 88.1 Å². The van der Waals surface area contributed by atoms with Crippen LogP contribution in [0.15, 0.2) is 0 Å². The highest BCUT2D eigenvalue weighted by molar-refractivity contribution is 7.12. The van der Waals surface area contributed by atoms with Gasteiger partial charge < -0.3 is 4.74 Å². The number of carbonyl (C=O) groups excluding carboxylic acids is 1. The van der Waals surface area contributed by atoms with E-state index in [9.17, 15) is 4.79 Å². The highest BCUT2D eigenvalue weighted by Crippen LogP contribution is 2.29. The zero-order valence-electron chi connectivity index (χ0n) is 9.17. The van der Waals surface area contributed by atoms with Crippen LogP contribution in [0.3, 0.4) is 0 Å². The van der Waals surface area contributed by atoms with E-state index in [0.29, 0.717) is 5.69 Å². The molecule has 0 aromatic carbocycles. The van der Waals surface area contributed by atoms with E-state index in [-0.39, 0.29) is 11.4 Å². The SMILES string of the molecule is COC(=O)c1nc(C(C)(C)C)sc1C. The summed E-state index contributed by atoms with van der Waals surface area (Å²) in [5.41, 5.74) is 0.434. The molecule has 0 aliphatic carbocycles. The molecule has 1 aromatic rings. The lowest BCUT2D eigenvalue weighted by Crippen LogP contribution is -2.11. The fourth-order valence-corrected chi connectivity index (χ4v) is 1.96. The topological polar surface area (TPSA) is 39.2 Å². The average Bonchev–Trinajstić information content (AvgIpc) is 2.45. The van der Waals surface area contributed by atoms with E-state index in [0.717, 1.165) is 9.88 Å². The lowest BCUT2D eigenvalue weighted by Gasteiger charge is -2.13. The van der Waals surface area contributed by atoms with Crippen LogP contribution in [0.4, 0.5) is 0 Å². The van der Waals surface area contributed by atoms with E-state index in [1.165, 1.54) is 7.11 Å². The first-order valence-corrected chi connectivity index (χ1v) is 5.24. The molecular weight excluding hydrogens is 198 g/mol. The van der Waals surface area contributed by atoms with Crippen molar-refractivity contribution in [3.63, 3.8) is 0 Å². The Balaban J connectivity index is 3.12. The van der Waals surface area contributed by atoms with E-state index in [2.05, 4.69) is 30.5 Å². The first-order chi connectivity index (χ1) is 6.36. The Morgan fingerprint density at radius 1 is 1.43 bits per heavy atom. The minimum atomic E-state index is -0.353. The van der Waals surface area contributed by atoms with Crippen LogP contribution < -0.4 is 0 Å². The number of methoxy groups -OCH3 is 1. The first kappa shape index (κ1) is 11.2. The first-order valence-electron chi connectivity index (χ1n) is 4.42. The summed E-state index contributed by atoms with van der Waals surface area (Å²) >= 11 is 1.55. The van der Waals surface area contributed by atoms with Gasteiger partial charge in [0.05, 0.1) is 12.1 Å². The molecule has 1 aromatic heterocycles. The molecule has 3 nitrogen and oxygen atoms in total. The summed E-state index contributed by atoms with van der Waals surface area (Å²) in [4.78, 5) is 16.5. The predicted octanol–water partition coefficient (Wildman–Crippen LogP) is 2.54. The standard InChI is InChI=1S/C10H15NO2S/c1-6-7(8(12)13-5)11-9(14-6)10(2,3)4/h1-5H3. The number of ether oxygens (including phenoxy) is 1. The lowest BCUT2D eigenvalue weighted by molar-refractivity contribution is 0.0594. The van der Waals surface area contributed by atoms with Gasteiger partial charge in [-0.2, -0.15) is 0 Å². The zero-order chi connectivity index (χ0) is 10.9. The van der Waals surface area contributed by atoms with Crippen molar-refractivity contribution in [3.8, 4) is 0 Å². The fraction of sp³-hybridized carbons (Fsp3) is 0.600. The van der Waals surface area contributed by atoms with Crippen LogP contribution in [0.2, 0.25) is 0 Å². The number of esters is 1. The quantitative estimate of drug-likeness (QED) is 0.673. The van der Waals surface area contributed by atoms with Crippen molar-refractivity contribution < 1.29 is 9.53 Å². The maximum Gasteiger partial charge on any atom is 0.357 e. The van der Waals surface area contributed by atoms with Gasteiger partial charge in [0.1, 0.15) is 0 Å². The number of hydrogen-bond donors (Lipinski definition) is 0. The number of nitrogens with zero attached hydrogens (tertiary/aromatic N) is 1. The molecule has 0 fully saturated rings. The van der Waals surface area contributed by atoms with Crippen LogP contribution in [0, 0.1) is 6.92 Å². The van der Waals surface area contributed by atoms with Crippen molar-refractivity contribution in [3.05, 3.63) is 15.6 Å². The van der Waals surface area contributed by atoms with Gasteiger partial charge in [0.15, 0.2) is 5.69 Å². The maximum atomic E-state index is 11.3. The van der Waals surface area contributed by atoms with Crippen LogP contribution in [0.25, 0.3) is 0 Å². The summed E-state index contributed by atoms with van der Waals surface area (Å²) < 4.78 is 4.65. The molecule has 0 aliphatic heterocycles. The summed E-state index contributed by atoms with van der Waals surface area (Å²) in [6, 6.07) is 0. The predicted molar refractivity (Wildman–Crippen MR) is 56.9 cm³/mol. The summed E-state index contributed by atoms with van der Waals surface area (Å²) in [5, 5.41) is 0.968. The van der Waals surface area contributed by atoms with E-state index < -0.39 is 0 Å². The second kappa shape index (κ2) is 3.69. The second-order valence-corrected chi connectivity index (χ2v) is 5.37. The highest BCUT2D eigenvalue weighted by Gasteiger charge is 2.23. The van der Waals surface area contributed by atoms with Gasteiger partial charge in [0.25, 0.3) is 0 Å². The maximum absolute atomic E-state index is 11.3. The molecule has 14 heavy (non-hydrogen) atoms. The largest absolute Gasteiger partial charge is 0.464 e. The Kier molecular flexibility index (Phi) is 2.95. The van der Waals surface area contributed by atoms with Crippen LogP contribution in [0.5, 0.6) is 0 Å². The van der Waals surface area contributed by atoms with Gasteiger partial charge in [-0.3, -0.25) is 0 Å². The third kappa shape index (κ3) is 2.12. The molecule has 0 saturated carbocycles. The lowest BCUT2D eigenvalue weighted by atomic mass is 9.98. The van der Waals surface area contributed by atoms with Crippen LogP contribution >= 0.6 is 11.3 Å². The Bertz CT molecular complexity index is 349.